The van der Waals surface area contributed by atoms with Crippen LogP contribution in [-0.2, 0) is 16.6 Å². The van der Waals surface area contributed by atoms with Crippen LogP contribution in [0.1, 0.15) is 80.3 Å². The molecular formula is C37H45N7O. The lowest BCUT2D eigenvalue weighted by atomic mass is 9.77. The minimum atomic E-state index is -0.703. The Hall–Kier alpha value is -4.04. The van der Waals surface area contributed by atoms with Crippen LogP contribution < -0.4 is 5.32 Å². The topological polar surface area (TPSA) is 103 Å². The van der Waals surface area contributed by atoms with E-state index in [9.17, 15) is 4.79 Å². The molecule has 1 atom stereocenters. The van der Waals surface area contributed by atoms with Gasteiger partial charge in [-0.3, -0.25) is 9.78 Å². The minimum absolute atomic E-state index is 0.216. The monoisotopic (exact) mass is 603 g/mol. The van der Waals surface area contributed by atoms with Crippen LogP contribution in [0.4, 0.5) is 0 Å². The molecule has 4 aromatic heterocycles. The minimum Gasteiger partial charge on any atom is -0.353 e. The molecule has 8 heteroatoms. The van der Waals surface area contributed by atoms with Gasteiger partial charge in [0, 0.05) is 30.7 Å². The zero-order valence-electron chi connectivity index (χ0n) is 27.2. The third-order valence-corrected chi connectivity index (χ3v) is 10.2. The molecule has 8 rings (SSSR count). The van der Waals surface area contributed by atoms with Gasteiger partial charge in [0.15, 0.2) is 5.65 Å². The van der Waals surface area contributed by atoms with E-state index in [4.69, 9.17) is 4.98 Å². The van der Waals surface area contributed by atoms with E-state index in [1.165, 1.54) is 40.7 Å². The molecule has 0 unspecified atom stereocenters. The maximum atomic E-state index is 14.1. The fourth-order valence-electron chi connectivity index (χ4n) is 7.76. The summed E-state index contributed by atoms with van der Waals surface area (Å²) in [6.07, 6.45) is 11.2. The van der Waals surface area contributed by atoms with Crippen LogP contribution in [-0.4, -0.2) is 61.4 Å². The summed E-state index contributed by atoms with van der Waals surface area (Å²) in [5.41, 5.74) is 10.1. The van der Waals surface area contributed by atoms with Crippen LogP contribution in [0.5, 0.6) is 0 Å². The summed E-state index contributed by atoms with van der Waals surface area (Å²) in [6.45, 7) is 13.3. The maximum absolute atomic E-state index is 14.1. The number of hydrogen-bond donors (Lipinski definition) is 3. The molecule has 6 heterocycles. The second-order valence-corrected chi connectivity index (χ2v) is 14.1. The Labute approximate surface area is 265 Å². The summed E-state index contributed by atoms with van der Waals surface area (Å²) in [4.78, 5) is 36.8. The average Bonchev–Trinajstić information content (AvgIpc) is 3.67. The number of aromatic amines is 2. The van der Waals surface area contributed by atoms with E-state index in [1.807, 2.05) is 12.4 Å². The molecule has 45 heavy (non-hydrogen) atoms. The Morgan fingerprint density at radius 3 is 2.51 bits per heavy atom. The van der Waals surface area contributed by atoms with Gasteiger partial charge in [-0.1, -0.05) is 24.1 Å². The van der Waals surface area contributed by atoms with E-state index in [2.05, 4.69) is 95.1 Å². The number of benzene rings is 1. The lowest BCUT2D eigenvalue weighted by Crippen LogP contribution is -2.55. The number of H-pyrrole nitrogens is 2. The van der Waals surface area contributed by atoms with Crippen LogP contribution in [0.15, 0.2) is 49.1 Å². The van der Waals surface area contributed by atoms with Crippen molar-refractivity contribution in [3.63, 3.8) is 0 Å². The summed E-state index contributed by atoms with van der Waals surface area (Å²) in [5.74, 6) is 1.09. The molecule has 2 bridgehead atoms. The van der Waals surface area contributed by atoms with Crippen molar-refractivity contribution < 1.29 is 4.79 Å². The third-order valence-electron chi connectivity index (χ3n) is 10.2. The Bertz CT molecular complexity index is 1840. The molecule has 1 amide bonds. The highest BCUT2D eigenvalue weighted by Gasteiger charge is 2.43. The summed E-state index contributed by atoms with van der Waals surface area (Å²) in [5, 5.41) is 4.86. The first-order chi connectivity index (χ1) is 21.7. The second kappa shape index (κ2) is 11.7. The highest BCUT2D eigenvalue weighted by Crippen LogP contribution is 2.40. The predicted molar refractivity (Wildman–Crippen MR) is 180 cm³/mol. The molecule has 2 saturated heterocycles. The smallest absolute Gasteiger partial charge is 0.234 e. The van der Waals surface area contributed by atoms with Gasteiger partial charge in [-0.25, -0.2) is 9.97 Å². The molecule has 2 aliphatic heterocycles. The average molecular weight is 604 g/mol. The highest BCUT2D eigenvalue weighted by molar-refractivity contribution is 5.93. The Morgan fingerprint density at radius 1 is 1.00 bits per heavy atom. The summed E-state index contributed by atoms with van der Waals surface area (Å²) in [7, 11) is 0. The van der Waals surface area contributed by atoms with E-state index in [1.54, 1.807) is 6.33 Å². The summed E-state index contributed by atoms with van der Waals surface area (Å²) in [6, 6.07) is 11.4. The predicted octanol–water partition coefficient (Wildman–Crippen LogP) is 6.73. The molecule has 3 N–H and O–H groups in total. The van der Waals surface area contributed by atoms with Gasteiger partial charge in [-0.15, -0.1) is 0 Å². The molecular weight excluding hydrogens is 558 g/mol. The number of amides is 1. The zero-order chi connectivity index (χ0) is 31.3. The van der Waals surface area contributed by atoms with Crippen LogP contribution in [0.3, 0.4) is 0 Å². The molecule has 5 aromatic rings. The number of nitrogens with zero attached hydrogens (tertiary/aromatic N) is 4. The lowest BCUT2D eigenvalue weighted by Gasteiger charge is -2.47. The standard InChI is InChI=1S/C37H45N7O/c1-22-12-23(2)14-27(13-22)34-33(24(3)17-38-11-10-26-15-30-35(40-18-26)42-21-41-30)29-16-32(39-19-31(29)43-34)37(4,5)36(45)44-20-25-6-8-28(44)9-7-25/h12-16,18-19,21,24-25,28,38,43H,6-11,17,20H2,1-5H3,(H,40,41,42)/t24-,25?,28?/m1/s1. The number of pyridine rings is 2. The lowest BCUT2D eigenvalue weighted by molar-refractivity contribution is -0.144. The van der Waals surface area contributed by atoms with E-state index >= 15 is 0 Å². The number of aromatic nitrogens is 5. The van der Waals surface area contributed by atoms with Crippen LogP contribution in [0.2, 0.25) is 0 Å². The summed E-state index contributed by atoms with van der Waals surface area (Å²) < 4.78 is 0. The van der Waals surface area contributed by atoms with Crippen LogP contribution in [0.25, 0.3) is 33.3 Å². The van der Waals surface area contributed by atoms with Gasteiger partial charge in [0.05, 0.1) is 40.4 Å². The van der Waals surface area contributed by atoms with E-state index < -0.39 is 5.41 Å². The molecule has 8 nitrogen and oxygen atoms in total. The molecule has 0 radical (unpaired) electrons. The fraction of sp³-hybridized carbons (Fsp3) is 0.459. The number of carbonyl (C=O) groups is 1. The van der Waals surface area contributed by atoms with Crippen molar-refractivity contribution in [3.8, 4) is 11.3 Å². The van der Waals surface area contributed by atoms with Gasteiger partial charge in [-0.2, -0.15) is 0 Å². The Morgan fingerprint density at radius 2 is 1.78 bits per heavy atom. The highest BCUT2D eigenvalue weighted by atomic mass is 16.2. The maximum Gasteiger partial charge on any atom is 0.234 e. The van der Waals surface area contributed by atoms with Crippen molar-refractivity contribution >= 4 is 28.0 Å². The van der Waals surface area contributed by atoms with Gasteiger partial charge in [-0.05, 0) is 119 Å². The van der Waals surface area contributed by atoms with Gasteiger partial charge in [0.2, 0.25) is 5.91 Å². The fourth-order valence-corrected chi connectivity index (χ4v) is 7.76. The van der Waals surface area contributed by atoms with Gasteiger partial charge >= 0.3 is 0 Å². The second-order valence-electron chi connectivity index (χ2n) is 14.1. The zero-order valence-corrected chi connectivity index (χ0v) is 27.2. The normalized spacial score (nSPS) is 19.1. The number of hydrogen-bond acceptors (Lipinski definition) is 5. The number of carbonyl (C=O) groups excluding carboxylic acids is 1. The van der Waals surface area contributed by atoms with Gasteiger partial charge < -0.3 is 20.2 Å². The molecule has 1 aliphatic carbocycles. The first-order valence-electron chi connectivity index (χ1n) is 16.6. The molecule has 234 valence electrons. The van der Waals surface area contributed by atoms with Gasteiger partial charge in [0.1, 0.15) is 0 Å². The molecule has 1 saturated carbocycles. The SMILES string of the molecule is Cc1cc(C)cc(-c2[nH]c3cnc(C(C)(C)C(=O)N4CC5CCC4CC5)cc3c2[C@H](C)CNCCc2cnc3nc[nH]c3c2)c1. The third kappa shape index (κ3) is 5.65. The number of piperidine rings is 2. The number of nitrogens with one attached hydrogen (secondary N) is 3. The summed E-state index contributed by atoms with van der Waals surface area (Å²) >= 11 is 0. The molecule has 3 aliphatic rings. The molecule has 1 aromatic carbocycles. The van der Waals surface area contributed by atoms with E-state index in [-0.39, 0.29) is 11.8 Å². The van der Waals surface area contributed by atoms with Gasteiger partial charge in [0.25, 0.3) is 0 Å². The Balaban J connectivity index is 1.18. The number of rotatable bonds is 9. The van der Waals surface area contributed by atoms with Crippen LogP contribution in [0, 0.1) is 19.8 Å². The number of fused-ring (bicyclic) bond motifs is 5. The van der Waals surface area contributed by atoms with Crippen molar-refractivity contribution in [2.24, 2.45) is 5.92 Å². The first kappa shape index (κ1) is 29.7. The largest absolute Gasteiger partial charge is 0.353 e. The quantitative estimate of drug-likeness (QED) is 0.162. The number of aryl methyl sites for hydroxylation is 2. The van der Waals surface area contributed by atoms with Crippen molar-refractivity contribution in [3.05, 3.63) is 77.0 Å². The molecule has 0 spiro atoms. The van der Waals surface area contributed by atoms with Crippen molar-refractivity contribution in [1.82, 2.24) is 35.1 Å². The Kier molecular flexibility index (Phi) is 7.72. The number of imidazole rings is 1. The first-order valence-corrected chi connectivity index (χ1v) is 16.6. The van der Waals surface area contributed by atoms with Crippen LogP contribution >= 0.6 is 0 Å². The molecule has 3 fully saturated rings. The van der Waals surface area contributed by atoms with Crippen molar-refractivity contribution in [2.45, 2.75) is 84.1 Å². The van der Waals surface area contributed by atoms with Crippen molar-refractivity contribution in [2.75, 3.05) is 19.6 Å². The van der Waals surface area contributed by atoms with E-state index in [0.29, 0.717) is 12.0 Å². The van der Waals surface area contributed by atoms with Crippen molar-refractivity contribution in [1.29, 1.82) is 0 Å². The van der Waals surface area contributed by atoms with E-state index in [0.717, 1.165) is 72.4 Å².